The van der Waals surface area contributed by atoms with Gasteiger partial charge in [-0.1, -0.05) is 25.7 Å². The van der Waals surface area contributed by atoms with Crippen LogP contribution in [0.3, 0.4) is 0 Å². The second-order valence-electron chi connectivity index (χ2n) is 7.23. The Kier molecular flexibility index (Phi) is 5.47. The first-order valence-electron chi connectivity index (χ1n) is 9.37. The van der Waals surface area contributed by atoms with Gasteiger partial charge in [-0.05, 0) is 24.4 Å². The molecule has 4 N–H and O–H groups in total. The molecule has 0 amide bonds. The summed E-state index contributed by atoms with van der Waals surface area (Å²) in [5, 5.41) is 33.1. The summed E-state index contributed by atoms with van der Waals surface area (Å²) < 4.78 is 7.10. The average molecular weight is 398 g/mol. The maximum atomic E-state index is 10.3. The van der Waals surface area contributed by atoms with E-state index in [1.54, 1.807) is 0 Å². The fourth-order valence-corrected chi connectivity index (χ4v) is 4.07. The number of hydrogen-bond donors (Lipinski definition) is 4. The third kappa shape index (κ3) is 3.62. The Hall–Kier alpha value is -1.52. The summed E-state index contributed by atoms with van der Waals surface area (Å²) >= 11 is 6.13. The highest BCUT2D eigenvalue weighted by molar-refractivity contribution is 6.28. The van der Waals surface area contributed by atoms with Crippen molar-refractivity contribution in [2.24, 2.45) is 0 Å². The number of aromatic nitrogens is 4. The van der Waals surface area contributed by atoms with Gasteiger partial charge in [0.25, 0.3) is 0 Å². The van der Waals surface area contributed by atoms with Crippen molar-refractivity contribution in [3.63, 3.8) is 0 Å². The number of ether oxygens (including phenoxy) is 1. The van der Waals surface area contributed by atoms with Crippen LogP contribution in [-0.2, 0) is 4.74 Å². The number of rotatable bonds is 4. The van der Waals surface area contributed by atoms with Crippen LogP contribution < -0.4 is 5.32 Å². The highest BCUT2D eigenvalue weighted by atomic mass is 35.5. The first kappa shape index (κ1) is 18.8. The van der Waals surface area contributed by atoms with Crippen LogP contribution in [0.5, 0.6) is 0 Å². The van der Waals surface area contributed by atoms with E-state index in [0.717, 1.165) is 12.8 Å². The Bertz CT molecular complexity index is 795. The lowest BCUT2D eigenvalue weighted by molar-refractivity contribution is -0.0511. The molecule has 0 spiro atoms. The number of imidazole rings is 1. The van der Waals surface area contributed by atoms with E-state index in [1.165, 1.54) is 36.6 Å². The number of anilines is 1. The number of nitrogens with one attached hydrogen (secondary N) is 1. The number of nitrogens with zero attached hydrogens (tertiary/aromatic N) is 4. The second-order valence-corrected chi connectivity index (χ2v) is 7.57. The van der Waals surface area contributed by atoms with Gasteiger partial charge in [0.1, 0.15) is 18.3 Å². The Morgan fingerprint density at radius 1 is 1.15 bits per heavy atom. The van der Waals surface area contributed by atoms with Crippen molar-refractivity contribution in [3.05, 3.63) is 11.6 Å². The quantitative estimate of drug-likeness (QED) is 0.448. The first-order valence-corrected chi connectivity index (χ1v) is 9.75. The van der Waals surface area contributed by atoms with E-state index in [2.05, 4.69) is 20.3 Å². The number of hydrogen-bond acceptors (Lipinski definition) is 8. The molecule has 9 nitrogen and oxygen atoms in total. The predicted octanol–water partition coefficient (Wildman–Crippen LogP) is 1.23. The minimum Gasteiger partial charge on any atom is -0.394 e. The van der Waals surface area contributed by atoms with Gasteiger partial charge in [0.05, 0.1) is 12.9 Å². The molecule has 1 saturated carbocycles. The highest BCUT2D eigenvalue weighted by Crippen LogP contribution is 2.33. The topological polar surface area (TPSA) is 126 Å². The number of halogens is 1. The van der Waals surface area contributed by atoms with Crippen LogP contribution in [0.2, 0.25) is 5.28 Å². The van der Waals surface area contributed by atoms with Crippen molar-refractivity contribution < 1.29 is 20.1 Å². The summed E-state index contributed by atoms with van der Waals surface area (Å²) in [6.45, 7) is -0.397. The van der Waals surface area contributed by atoms with Gasteiger partial charge in [-0.3, -0.25) is 4.57 Å². The lowest BCUT2D eigenvalue weighted by atomic mass is 10.1. The smallest absolute Gasteiger partial charge is 0.226 e. The van der Waals surface area contributed by atoms with Crippen LogP contribution in [0.1, 0.15) is 44.8 Å². The highest BCUT2D eigenvalue weighted by Gasteiger charge is 2.44. The van der Waals surface area contributed by atoms with Gasteiger partial charge in [0.15, 0.2) is 23.2 Å². The average Bonchev–Trinajstić information content (AvgIpc) is 3.06. The fourth-order valence-electron chi connectivity index (χ4n) is 3.90. The van der Waals surface area contributed by atoms with Crippen LogP contribution in [0, 0.1) is 0 Å². The molecule has 4 rings (SSSR count). The molecule has 2 aromatic rings. The summed E-state index contributed by atoms with van der Waals surface area (Å²) in [6.07, 6.45) is 4.27. The van der Waals surface area contributed by atoms with Crippen molar-refractivity contribution in [2.75, 3.05) is 11.9 Å². The van der Waals surface area contributed by atoms with E-state index in [-0.39, 0.29) is 5.28 Å². The fraction of sp³-hybridized carbons (Fsp3) is 0.706. The Balaban J connectivity index is 1.66. The maximum absolute atomic E-state index is 10.3. The summed E-state index contributed by atoms with van der Waals surface area (Å²) in [5.41, 5.74) is 0.933. The van der Waals surface area contributed by atoms with E-state index < -0.39 is 31.1 Å². The van der Waals surface area contributed by atoms with E-state index >= 15 is 0 Å². The Morgan fingerprint density at radius 3 is 2.56 bits per heavy atom. The molecule has 0 radical (unpaired) electrons. The van der Waals surface area contributed by atoms with Crippen LogP contribution in [0.25, 0.3) is 11.2 Å². The molecule has 1 aliphatic heterocycles. The molecule has 0 unspecified atom stereocenters. The van der Waals surface area contributed by atoms with Gasteiger partial charge in [0.2, 0.25) is 5.28 Å². The van der Waals surface area contributed by atoms with E-state index in [4.69, 9.17) is 16.3 Å². The third-order valence-corrected chi connectivity index (χ3v) is 5.55. The predicted molar refractivity (Wildman–Crippen MR) is 98.5 cm³/mol. The second kappa shape index (κ2) is 7.84. The summed E-state index contributed by atoms with van der Waals surface area (Å²) in [5.74, 6) is 0.558. The molecule has 2 aliphatic rings. The van der Waals surface area contributed by atoms with Gasteiger partial charge < -0.3 is 25.4 Å². The minimum absolute atomic E-state index is 0.0621. The van der Waals surface area contributed by atoms with Gasteiger partial charge in [-0.25, -0.2) is 4.98 Å². The van der Waals surface area contributed by atoms with E-state index in [1.807, 2.05) is 0 Å². The van der Waals surface area contributed by atoms with Crippen LogP contribution in [0.15, 0.2) is 6.33 Å². The molecule has 0 bridgehead atoms. The van der Waals surface area contributed by atoms with Crippen LogP contribution in [-0.4, -0.2) is 65.8 Å². The number of aliphatic hydroxyl groups excluding tert-OH is 3. The Morgan fingerprint density at radius 2 is 1.89 bits per heavy atom. The first-order chi connectivity index (χ1) is 13.1. The Labute approximate surface area is 161 Å². The zero-order valence-electron chi connectivity index (χ0n) is 14.8. The van der Waals surface area contributed by atoms with Crippen molar-refractivity contribution >= 4 is 28.6 Å². The molecule has 2 aromatic heterocycles. The molecule has 1 aliphatic carbocycles. The van der Waals surface area contributed by atoms with Crippen molar-refractivity contribution in [3.8, 4) is 0 Å². The SMILES string of the molecule is OC[C@H]1O[C@@H](n2cnc3c(NC4CCCCCC4)nc(Cl)nc32)[C@H](O)[C@@H]1O. The minimum atomic E-state index is -1.22. The van der Waals surface area contributed by atoms with Crippen molar-refractivity contribution in [2.45, 2.75) is 69.1 Å². The normalized spacial score (nSPS) is 29.9. The van der Waals surface area contributed by atoms with Gasteiger partial charge in [-0.15, -0.1) is 0 Å². The van der Waals surface area contributed by atoms with Gasteiger partial charge in [0, 0.05) is 6.04 Å². The largest absolute Gasteiger partial charge is 0.394 e. The number of aliphatic hydroxyl groups is 3. The maximum Gasteiger partial charge on any atom is 0.226 e. The van der Waals surface area contributed by atoms with E-state index in [9.17, 15) is 15.3 Å². The van der Waals surface area contributed by atoms with Crippen molar-refractivity contribution in [1.29, 1.82) is 0 Å². The van der Waals surface area contributed by atoms with Crippen LogP contribution in [0.4, 0.5) is 5.82 Å². The molecule has 0 aromatic carbocycles. The molecular weight excluding hydrogens is 374 g/mol. The molecule has 3 heterocycles. The molecule has 27 heavy (non-hydrogen) atoms. The molecule has 2 fully saturated rings. The molecule has 4 atom stereocenters. The van der Waals surface area contributed by atoms with Gasteiger partial charge in [-0.2, -0.15) is 9.97 Å². The van der Waals surface area contributed by atoms with Crippen LogP contribution >= 0.6 is 11.6 Å². The number of fused-ring (bicyclic) bond motifs is 1. The zero-order chi connectivity index (χ0) is 19.0. The molecular formula is C17H24ClN5O4. The third-order valence-electron chi connectivity index (χ3n) is 5.38. The summed E-state index contributed by atoms with van der Waals surface area (Å²) in [6, 6.07) is 0.306. The lowest BCUT2D eigenvalue weighted by Crippen LogP contribution is -2.33. The molecule has 148 valence electrons. The molecule has 1 saturated heterocycles. The lowest BCUT2D eigenvalue weighted by Gasteiger charge is -2.18. The summed E-state index contributed by atoms with van der Waals surface area (Å²) in [4.78, 5) is 12.9. The standard InChI is InChI=1S/C17H24ClN5O4/c18-17-21-14(20-9-5-3-1-2-4-6-9)11-15(22-17)23(8-19-11)16-13(26)12(25)10(7-24)27-16/h8-10,12-13,16,24-26H,1-7H2,(H,20,21,22)/t10-,12-,13-,16-/m1/s1. The molecule has 10 heteroatoms. The zero-order valence-corrected chi connectivity index (χ0v) is 15.6. The van der Waals surface area contributed by atoms with E-state index in [0.29, 0.717) is 23.0 Å². The summed E-state index contributed by atoms with van der Waals surface area (Å²) in [7, 11) is 0. The van der Waals surface area contributed by atoms with Crippen molar-refractivity contribution in [1.82, 2.24) is 19.5 Å². The van der Waals surface area contributed by atoms with Gasteiger partial charge >= 0.3 is 0 Å². The monoisotopic (exact) mass is 397 g/mol.